The number of methoxy groups -OCH3 is 1. The molecule has 0 aliphatic heterocycles. The van der Waals surface area contributed by atoms with Gasteiger partial charge in [-0.3, -0.25) is 4.79 Å². The molecule has 0 saturated heterocycles. The summed E-state index contributed by atoms with van der Waals surface area (Å²) in [5, 5.41) is 2.62. The lowest BCUT2D eigenvalue weighted by atomic mass is 10.1. The van der Waals surface area contributed by atoms with Gasteiger partial charge < -0.3 is 14.8 Å². The maximum atomic E-state index is 11.7. The highest BCUT2D eigenvalue weighted by Gasteiger charge is 2.16. The SMILES string of the molecule is C=CC[C@@H](CC(=O)OC)NC(=O)OCc1ccccc1. The van der Waals surface area contributed by atoms with E-state index in [1.54, 1.807) is 6.08 Å². The van der Waals surface area contributed by atoms with E-state index in [-0.39, 0.29) is 25.0 Å². The summed E-state index contributed by atoms with van der Waals surface area (Å²) in [7, 11) is 1.31. The van der Waals surface area contributed by atoms with Crippen molar-refractivity contribution >= 4 is 12.1 Å². The fourth-order valence-corrected chi connectivity index (χ4v) is 1.61. The monoisotopic (exact) mass is 277 g/mol. The number of carbonyl (C=O) groups is 2. The van der Waals surface area contributed by atoms with Crippen molar-refractivity contribution in [2.45, 2.75) is 25.5 Å². The lowest BCUT2D eigenvalue weighted by Crippen LogP contribution is -2.36. The highest BCUT2D eigenvalue weighted by Crippen LogP contribution is 2.04. The van der Waals surface area contributed by atoms with Crippen LogP contribution >= 0.6 is 0 Å². The van der Waals surface area contributed by atoms with Gasteiger partial charge in [0.25, 0.3) is 0 Å². The summed E-state index contributed by atoms with van der Waals surface area (Å²) >= 11 is 0. The maximum absolute atomic E-state index is 11.7. The fraction of sp³-hybridized carbons (Fsp3) is 0.333. The van der Waals surface area contributed by atoms with Crippen molar-refractivity contribution in [2.75, 3.05) is 7.11 Å². The second-order valence-electron chi connectivity index (χ2n) is 4.21. The number of hydrogen-bond acceptors (Lipinski definition) is 4. The summed E-state index contributed by atoms with van der Waals surface area (Å²) in [6.07, 6.45) is 1.62. The van der Waals surface area contributed by atoms with Crippen molar-refractivity contribution in [3.63, 3.8) is 0 Å². The molecule has 0 heterocycles. The van der Waals surface area contributed by atoms with E-state index in [2.05, 4.69) is 16.6 Å². The van der Waals surface area contributed by atoms with E-state index in [1.807, 2.05) is 30.3 Å². The number of esters is 1. The largest absolute Gasteiger partial charge is 0.469 e. The third-order valence-corrected chi connectivity index (χ3v) is 2.63. The molecule has 1 atom stereocenters. The van der Waals surface area contributed by atoms with Gasteiger partial charge in [-0.15, -0.1) is 6.58 Å². The van der Waals surface area contributed by atoms with Crippen LogP contribution < -0.4 is 5.32 Å². The van der Waals surface area contributed by atoms with E-state index in [1.165, 1.54) is 7.11 Å². The lowest BCUT2D eigenvalue weighted by molar-refractivity contribution is -0.141. The molecule has 0 aromatic heterocycles. The number of rotatable bonds is 7. The van der Waals surface area contributed by atoms with Crippen molar-refractivity contribution < 1.29 is 19.1 Å². The molecule has 0 bridgehead atoms. The van der Waals surface area contributed by atoms with E-state index >= 15 is 0 Å². The first kappa shape index (κ1) is 15.8. The van der Waals surface area contributed by atoms with E-state index in [0.29, 0.717) is 6.42 Å². The molecule has 0 aliphatic carbocycles. The van der Waals surface area contributed by atoms with Crippen molar-refractivity contribution in [2.24, 2.45) is 0 Å². The second kappa shape index (κ2) is 8.74. The molecule has 1 aromatic carbocycles. The van der Waals surface area contributed by atoms with Crippen LogP contribution in [-0.2, 0) is 20.9 Å². The van der Waals surface area contributed by atoms with Crippen molar-refractivity contribution in [3.05, 3.63) is 48.6 Å². The first-order valence-corrected chi connectivity index (χ1v) is 6.30. The average molecular weight is 277 g/mol. The van der Waals surface area contributed by atoms with E-state index < -0.39 is 6.09 Å². The molecular weight excluding hydrogens is 258 g/mol. The number of amides is 1. The number of nitrogens with one attached hydrogen (secondary N) is 1. The van der Waals surface area contributed by atoms with E-state index in [9.17, 15) is 9.59 Å². The zero-order valence-corrected chi connectivity index (χ0v) is 11.5. The van der Waals surface area contributed by atoms with E-state index in [0.717, 1.165) is 5.56 Å². The molecule has 0 aliphatic rings. The minimum atomic E-state index is -0.565. The Bertz CT molecular complexity index is 444. The molecule has 108 valence electrons. The van der Waals surface area contributed by atoms with Crippen LogP contribution in [0.5, 0.6) is 0 Å². The quantitative estimate of drug-likeness (QED) is 0.614. The minimum Gasteiger partial charge on any atom is -0.469 e. The molecule has 0 radical (unpaired) electrons. The number of hydrogen-bond donors (Lipinski definition) is 1. The van der Waals surface area contributed by atoms with Gasteiger partial charge in [0.2, 0.25) is 0 Å². The second-order valence-corrected chi connectivity index (χ2v) is 4.21. The summed E-state index contributed by atoms with van der Waals surface area (Å²) in [4.78, 5) is 22.9. The zero-order valence-electron chi connectivity index (χ0n) is 11.5. The molecule has 1 N–H and O–H groups in total. The summed E-state index contributed by atoms with van der Waals surface area (Å²) in [5.41, 5.74) is 0.899. The predicted molar refractivity (Wildman–Crippen MR) is 75.0 cm³/mol. The van der Waals surface area contributed by atoms with Gasteiger partial charge in [0.15, 0.2) is 0 Å². The van der Waals surface area contributed by atoms with E-state index in [4.69, 9.17) is 4.74 Å². The molecule has 0 saturated carbocycles. The van der Waals surface area contributed by atoms with Gasteiger partial charge in [0, 0.05) is 6.04 Å². The molecule has 0 unspecified atom stereocenters. The summed E-state index contributed by atoms with van der Waals surface area (Å²) < 4.78 is 9.66. The predicted octanol–water partition coefficient (Wildman–Crippen LogP) is 2.42. The highest BCUT2D eigenvalue weighted by atomic mass is 16.5. The first-order valence-electron chi connectivity index (χ1n) is 6.30. The first-order chi connectivity index (χ1) is 9.65. The number of alkyl carbamates (subject to hydrolysis) is 1. The molecule has 1 rings (SSSR count). The van der Waals surface area contributed by atoms with Crippen LogP contribution in [0.2, 0.25) is 0 Å². The Balaban J connectivity index is 2.41. The van der Waals surface area contributed by atoms with Crippen LogP contribution in [0.1, 0.15) is 18.4 Å². The van der Waals surface area contributed by atoms with Crippen LogP contribution in [0.4, 0.5) is 4.79 Å². The molecule has 5 nitrogen and oxygen atoms in total. The molecule has 1 amide bonds. The van der Waals surface area contributed by atoms with Gasteiger partial charge in [0.1, 0.15) is 6.61 Å². The molecule has 5 heteroatoms. The van der Waals surface area contributed by atoms with Gasteiger partial charge in [-0.1, -0.05) is 36.4 Å². The van der Waals surface area contributed by atoms with Crippen LogP contribution in [0.25, 0.3) is 0 Å². The molecule has 20 heavy (non-hydrogen) atoms. The molecule has 1 aromatic rings. The molecule has 0 fully saturated rings. The van der Waals surface area contributed by atoms with Gasteiger partial charge in [-0.25, -0.2) is 4.79 Å². The summed E-state index contributed by atoms with van der Waals surface area (Å²) in [6.45, 7) is 3.78. The smallest absolute Gasteiger partial charge is 0.407 e. The Labute approximate surface area is 118 Å². The number of ether oxygens (including phenoxy) is 2. The Kier molecular flexibility index (Phi) is 6.89. The summed E-state index contributed by atoms with van der Waals surface area (Å²) in [6, 6.07) is 8.98. The lowest BCUT2D eigenvalue weighted by Gasteiger charge is -2.15. The fourth-order valence-electron chi connectivity index (χ4n) is 1.61. The standard InChI is InChI=1S/C15H19NO4/c1-3-7-13(10-14(17)19-2)16-15(18)20-11-12-8-5-4-6-9-12/h3-6,8-9,13H,1,7,10-11H2,2H3,(H,16,18)/t13-/m0/s1. The topological polar surface area (TPSA) is 64.6 Å². The highest BCUT2D eigenvalue weighted by molar-refractivity contribution is 5.72. The number of benzene rings is 1. The Morgan fingerprint density at radius 2 is 2.05 bits per heavy atom. The van der Waals surface area contributed by atoms with Crippen LogP contribution in [0, 0.1) is 0 Å². The van der Waals surface area contributed by atoms with Gasteiger partial charge in [-0.2, -0.15) is 0 Å². The third-order valence-electron chi connectivity index (χ3n) is 2.63. The molecular formula is C15H19NO4. The summed E-state index contributed by atoms with van der Waals surface area (Å²) in [5.74, 6) is -0.389. The van der Waals surface area contributed by atoms with Crippen LogP contribution in [0.3, 0.4) is 0 Å². The Morgan fingerprint density at radius 1 is 1.35 bits per heavy atom. The number of carbonyl (C=O) groups excluding carboxylic acids is 2. The minimum absolute atomic E-state index is 0.0863. The molecule has 0 spiro atoms. The van der Waals surface area contributed by atoms with Crippen molar-refractivity contribution in [3.8, 4) is 0 Å². The van der Waals surface area contributed by atoms with Crippen molar-refractivity contribution in [1.29, 1.82) is 0 Å². The Morgan fingerprint density at radius 3 is 2.65 bits per heavy atom. The van der Waals surface area contributed by atoms with Crippen LogP contribution in [-0.4, -0.2) is 25.2 Å². The normalized spacial score (nSPS) is 11.2. The third kappa shape index (κ3) is 6.04. The Hall–Kier alpha value is -2.30. The van der Waals surface area contributed by atoms with Gasteiger partial charge >= 0.3 is 12.1 Å². The average Bonchev–Trinajstić information content (AvgIpc) is 2.46. The zero-order chi connectivity index (χ0) is 14.8. The maximum Gasteiger partial charge on any atom is 0.407 e. The van der Waals surface area contributed by atoms with Gasteiger partial charge in [-0.05, 0) is 12.0 Å². The van der Waals surface area contributed by atoms with Gasteiger partial charge in [0.05, 0.1) is 13.5 Å². The van der Waals surface area contributed by atoms with Crippen molar-refractivity contribution in [1.82, 2.24) is 5.32 Å². The van der Waals surface area contributed by atoms with Crippen LogP contribution in [0.15, 0.2) is 43.0 Å².